The minimum Gasteiger partial charge on any atom is -0.325 e. The Hall–Kier alpha value is -3.48. The summed E-state index contributed by atoms with van der Waals surface area (Å²) >= 11 is 14.1. The van der Waals surface area contributed by atoms with Gasteiger partial charge in [0.05, 0.1) is 26.7 Å². The molecule has 7 nitrogen and oxygen atoms in total. The average Bonchev–Trinajstić information content (AvgIpc) is 3.63. The molecule has 0 saturated carbocycles. The van der Waals surface area contributed by atoms with E-state index in [9.17, 15) is 9.59 Å². The van der Waals surface area contributed by atoms with Gasteiger partial charge < -0.3 is 5.32 Å². The molecule has 2 aromatic heterocycles. The van der Waals surface area contributed by atoms with Gasteiger partial charge in [0.25, 0.3) is 0 Å². The highest BCUT2D eigenvalue weighted by molar-refractivity contribution is 9.10. The molecule has 0 fully saturated rings. The van der Waals surface area contributed by atoms with Crippen LogP contribution < -0.4 is 5.32 Å². The summed E-state index contributed by atoms with van der Waals surface area (Å²) in [5.74, 6) is 0.902. The number of anilines is 1. The van der Waals surface area contributed by atoms with Crippen molar-refractivity contribution in [2.24, 2.45) is 0 Å². The second kappa shape index (κ2) is 13.4. The van der Waals surface area contributed by atoms with Crippen LogP contribution in [-0.4, -0.2) is 42.9 Å². The number of halogens is 2. The van der Waals surface area contributed by atoms with Gasteiger partial charge in [0, 0.05) is 27.0 Å². The van der Waals surface area contributed by atoms with Crippen molar-refractivity contribution in [2.45, 2.75) is 9.50 Å². The Kier molecular flexibility index (Phi) is 9.25. The molecular weight excluding hydrogens is 686 g/mol. The lowest BCUT2D eigenvalue weighted by Crippen LogP contribution is -2.14. The number of hydrogen-bond donors (Lipinski definition) is 1. The molecule has 0 aliphatic rings. The summed E-state index contributed by atoms with van der Waals surface area (Å²) in [5, 5.41) is 12.9. The summed E-state index contributed by atoms with van der Waals surface area (Å²) < 4.78 is 4.57. The van der Waals surface area contributed by atoms with Crippen LogP contribution in [0.1, 0.15) is 10.4 Å². The highest BCUT2D eigenvalue weighted by Gasteiger charge is 2.19. The molecule has 0 unspecified atom stereocenters. The summed E-state index contributed by atoms with van der Waals surface area (Å²) in [5.41, 5.74) is 3.78. The highest BCUT2D eigenvalue weighted by Crippen LogP contribution is 2.33. The zero-order valence-corrected chi connectivity index (χ0v) is 27.0. The fraction of sp³-hybridized carbons (Fsp3) is 0.0645. The van der Waals surface area contributed by atoms with Gasteiger partial charge >= 0.3 is 0 Å². The molecule has 0 saturated heterocycles. The van der Waals surface area contributed by atoms with E-state index in [-0.39, 0.29) is 17.4 Å². The van der Waals surface area contributed by atoms with Crippen LogP contribution in [0.2, 0.25) is 5.02 Å². The van der Waals surface area contributed by atoms with Gasteiger partial charge in [-0.1, -0.05) is 93.5 Å². The molecule has 214 valence electrons. The highest BCUT2D eigenvalue weighted by atomic mass is 79.9. The van der Waals surface area contributed by atoms with Crippen LogP contribution in [0.15, 0.2) is 111 Å². The summed E-state index contributed by atoms with van der Waals surface area (Å²) in [6.45, 7) is 0. The number of thioether (sulfide) groups is 2. The predicted octanol–water partition coefficient (Wildman–Crippen LogP) is 8.67. The number of ketones is 1. The number of nitrogens with one attached hydrogen (secondary N) is 1. The number of para-hydroxylation sites is 1. The molecular formula is C31H21BrClN5O2S3. The number of carbonyl (C=O) groups excluding carboxylic acids is 2. The van der Waals surface area contributed by atoms with Crippen molar-refractivity contribution in [3.63, 3.8) is 0 Å². The second-order valence-corrected chi connectivity index (χ2v) is 13.7. The summed E-state index contributed by atoms with van der Waals surface area (Å²) in [6.07, 6.45) is 0. The molecule has 4 aromatic carbocycles. The smallest absolute Gasteiger partial charge is 0.234 e. The fourth-order valence-electron chi connectivity index (χ4n) is 4.21. The third-order valence-corrected chi connectivity index (χ3v) is 10.2. The van der Waals surface area contributed by atoms with Gasteiger partial charge in [0.1, 0.15) is 0 Å². The number of benzene rings is 4. The van der Waals surface area contributed by atoms with Crippen molar-refractivity contribution in [2.75, 3.05) is 16.8 Å². The molecule has 0 spiro atoms. The minimum atomic E-state index is -0.175. The zero-order chi connectivity index (χ0) is 29.8. The first kappa shape index (κ1) is 29.6. The minimum absolute atomic E-state index is 0.0456. The Morgan fingerprint density at radius 3 is 2.44 bits per heavy atom. The quantitative estimate of drug-likeness (QED) is 0.113. The lowest BCUT2D eigenvalue weighted by molar-refractivity contribution is -0.113. The number of fused-ring (bicyclic) bond motifs is 1. The van der Waals surface area contributed by atoms with Gasteiger partial charge in [-0.15, -0.1) is 21.5 Å². The maximum atomic E-state index is 13.0. The lowest BCUT2D eigenvalue weighted by atomic mass is 10.2. The molecule has 1 N–H and O–H groups in total. The molecule has 1 amide bonds. The van der Waals surface area contributed by atoms with E-state index in [0.717, 1.165) is 30.3 Å². The molecule has 6 aromatic rings. The van der Waals surface area contributed by atoms with Crippen LogP contribution in [0.3, 0.4) is 0 Å². The Balaban J connectivity index is 1.12. The van der Waals surface area contributed by atoms with E-state index in [1.165, 1.54) is 34.9 Å². The summed E-state index contributed by atoms with van der Waals surface area (Å²) in [4.78, 5) is 30.2. The Morgan fingerprint density at radius 2 is 1.65 bits per heavy atom. The largest absolute Gasteiger partial charge is 0.325 e. The standard InChI is InChI=1S/C31H21BrClN5O2S3/c32-20-12-10-19(11-13-20)26(39)17-42-31-35-25-15-14-21(16-27(25)43-31)34-28(40)18-41-30-37-36-29(23-8-4-5-9-24(23)33)38(30)22-6-2-1-3-7-22/h1-16H,17-18H2,(H,34,40). The topological polar surface area (TPSA) is 89.8 Å². The Morgan fingerprint density at radius 1 is 0.884 bits per heavy atom. The molecule has 43 heavy (non-hydrogen) atoms. The number of Topliss-reactive ketones (excluding diaryl/α,β-unsaturated/α-hetero) is 1. The lowest BCUT2D eigenvalue weighted by Gasteiger charge is -2.11. The van der Waals surface area contributed by atoms with Gasteiger partial charge in [0.15, 0.2) is 21.1 Å². The van der Waals surface area contributed by atoms with Crippen molar-refractivity contribution in [3.8, 4) is 17.1 Å². The number of nitrogens with zero attached hydrogens (tertiary/aromatic N) is 4. The normalized spacial score (nSPS) is 11.1. The Labute approximate surface area is 273 Å². The van der Waals surface area contributed by atoms with Crippen molar-refractivity contribution >= 4 is 90.0 Å². The van der Waals surface area contributed by atoms with E-state index in [0.29, 0.717) is 33.0 Å². The van der Waals surface area contributed by atoms with Crippen LogP contribution in [0.25, 0.3) is 27.3 Å². The number of thiazole rings is 1. The number of carbonyl (C=O) groups is 2. The van der Waals surface area contributed by atoms with Gasteiger partial charge in [-0.2, -0.15) is 0 Å². The first-order valence-electron chi connectivity index (χ1n) is 12.9. The van der Waals surface area contributed by atoms with Gasteiger partial charge in [0.2, 0.25) is 5.91 Å². The molecule has 12 heteroatoms. The molecule has 6 rings (SSSR count). The monoisotopic (exact) mass is 705 g/mol. The van der Waals surface area contributed by atoms with E-state index in [1.807, 2.05) is 102 Å². The van der Waals surface area contributed by atoms with Crippen molar-refractivity contribution in [1.82, 2.24) is 19.7 Å². The molecule has 0 aliphatic carbocycles. The van der Waals surface area contributed by atoms with Gasteiger partial charge in [-0.3, -0.25) is 14.2 Å². The van der Waals surface area contributed by atoms with E-state index in [2.05, 4.69) is 36.4 Å². The molecule has 0 aliphatic heterocycles. The summed E-state index contributed by atoms with van der Waals surface area (Å²) in [7, 11) is 0. The van der Waals surface area contributed by atoms with Gasteiger partial charge in [-0.05, 0) is 54.6 Å². The second-order valence-electron chi connectivity index (χ2n) is 9.17. The fourth-order valence-corrected chi connectivity index (χ4v) is 7.45. The van der Waals surface area contributed by atoms with Crippen LogP contribution in [0, 0.1) is 0 Å². The first-order chi connectivity index (χ1) is 20.9. The van der Waals surface area contributed by atoms with Crippen LogP contribution >= 0.6 is 62.4 Å². The number of amides is 1. The van der Waals surface area contributed by atoms with Crippen LogP contribution in [0.5, 0.6) is 0 Å². The van der Waals surface area contributed by atoms with Crippen molar-refractivity contribution in [1.29, 1.82) is 0 Å². The van der Waals surface area contributed by atoms with E-state index in [1.54, 1.807) is 0 Å². The summed E-state index contributed by atoms with van der Waals surface area (Å²) in [6, 6.07) is 30.1. The molecule has 0 radical (unpaired) electrons. The molecule has 2 heterocycles. The van der Waals surface area contributed by atoms with Gasteiger partial charge in [-0.25, -0.2) is 4.98 Å². The maximum absolute atomic E-state index is 13.0. The van der Waals surface area contributed by atoms with Crippen molar-refractivity contribution in [3.05, 3.63) is 112 Å². The number of hydrogen-bond acceptors (Lipinski definition) is 8. The third kappa shape index (κ3) is 7.02. The van der Waals surface area contributed by atoms with Crippen LogP contribution in [-0.2, 0) is 4.79 Å². The average molecular weight is 707 g/mol. The zero-order valence-electron chi connectivity index (χ0n) is 22.2. The van der Waals surface area contributed by atoms with E-state index >= 15 is 0 Å². The Bertz CT molecular complexity index is 1930. The van der Waals surface area contributed by atoms with E-state index in [4.69, 9.17) is 11.6 Å². The maximum Gasteiger partial charge on any atom is 0.234 e. The predicted molar refractivity (Wildman–Crippen MR) is 180 cm³/mol. The number of aromatic nitrogens is 4. The first-order valence-corrected chi connectivity index (χ1v) is 16.9. The van der Waals surface area contributed by atoms with Crippen molar-refractivity contribution < 1.29 is 9.59 Å². The third-order valence-electron chi connectivity index (χ3n) is 6.24. The molecule has 0 atom stereocenters. The number of rotatable bonds is 10. The van der Waals surface area contributed by atoms with Crippen LogP contribution in [0.4, 0.5) is 5.69 Å². The van der Waals surface area contributed by atoms with E-state index < -0.39 is 0 Å². The SMILES string of the molecule is O=C(CSc1nnc(-c2ccccc2Cl)n1-c1ccccc1)Nc1ccc2nc(SCC(=O)c3ccc(Br)cc3)sc2c1. The molecule has 0 bridgehead atoms.